The van der Waals surface area contributed by atoms with Crippen LogP contribution in [0, 0.1) is 10.1 Å². The van der Waals surface area contributed by atoms with Gasteiger partial charge in [0.1, 0.15) is 0 Å². The summed E-state index contributed by atoms with van der Waals surface area (Å²) in [5.74, 6) is -3.05. The van der Waals surface area contributed by atoms with Crippen molar-refractivity contribution in [2.75, 3.05) is 10.2 Å². The van der Waals surface area contributed by atoms with E-state index in [0.717, 1.165) is 0 Å². The number of nitro groups is 1. The van der Waals surface area contributed by atoms with E-state index in [9.17, 15) is 32.9 Å². The van der Waals surface area contributed by atoms with Gasteiger partial charge in [-0.3, -0.25) is 24.6 Å². The Hall–Kier alpha value is -4.18. The molecule has 0 saturated carbocycles. The Balaban J connectivity index is 1.71. The zero-order chi connectivity index (χ0) is 27.2. The van der Waals surface area contributed by atoms with Gasteiger partial charge in [-0.15, -0.1) is 0 Å². The van der Waals surface area contributed by atoms with Gasteiger partial charge in [-0.1, -0.05) is 48.0 Å². The minimum Gasteiger partial charge on any atom is -0.357 e. The number of hydrogen-bond acceptors (Lipinski definition) is 5. The first kappa shape index (κ1) is 25.5. The lowest BCUT2D eigenvalue weighted by Crippen LogP contribution is -2.45. The normalized spacial score (nSPS) is 19.3. The summed E-state index contributed by atoms with van der Waals surface area (Å²) >= 11 is 6.02. The molecular formula is C27H19ClF3N3O4. The summed E-state index contributed by atoms with van der Waals surface area (Å²) < 4.78 is 41.8. The Labute approximate surface area is 219 Å². The third-order valence-electron chi connectivity index (χ3n) is 6.69. The molecule has 2 aliphatic rings. The van der Waals surface area contributed by atoms with Gasteiger partial charge >= 0.3 is 12.1 Å². The van der Waals surface area contributed by atoms with E-state index in [4.69, 9.17) is 11.6 Å². The van der Waals surface area contributed by atoms with Crippen molar-refractivity contribution >= 4 is 40.4 Å². The number of nitrogens with zero attached hydrogens (tertiary/aromatic N) is 2. The topological polar surface area (TPSA) is 92.5 Å². The van der Waals surface area contributed by atoms with Gasteiger partial charge in [0.2, 0.25) is 0 Å². The molecule has 194 valence electrons. The minimum absolute atomic E-state index is 0.0304. The SMILES string of the molecule is O=C1CC(c2cccc([N+](=O)[O-])c2)CC2=C1C(c1ccc(Cl)cc1)N(C(=O)C(F)(F)F)c1ccccc1N2. The number of allylic oxidation sites excluding steroid dienone is 1. The lowest BCUT2D eigenvalue weighted by atomic mass is 9.78. The number of nitro benzene ring substituents is 1. The molecule has 1 amide bonds. The molecule has 0 fully saturated rings. The average Bonchev–Trinajstić information content (AvgIpc) is 3.03. The van der Waals surface area contributed by atoms with E-state index in [1.165, 1.54) is 60.7 Å². The summed E-state index contributed by atoms with van der Waals surface area (Å²) in [6.45, 7) is 0. The van der Waals surface area contributed by atoms with Gasteiger partial charge in [0.15, 0.2) is 5.78 Å². The van der Waals surface area contributed by atoms with Crippen LogP contribution in [0.25, 0.3) is 0 Å². The second kappa shape index (κ2) is 9.60. The summed E-state index contributed by atoms with van der Waals surface area (Å²) in [6, 6.07) is 16.5. The van der Waals surface area contributed by atoms with Gasteiger partial charge in [0.25, 0.3) is 5.69 Å². The number of nitrogens with one attached hydrogen (secondary N) is 1. The number of amides is 1. The largest absolute Gasteiger partial charge is 0.471 e. The fourth-order valence-electron chi connectivity index (χ4n) is 5.04. The highest BCUT2D eigenvalue weighted by molar-refractivity contribution is 6.30. The van der Waals surface area contributed by atoms with Crippen molar-refractivity contribution in [3.05, 3.63) is 110 Å². The Morgan fingerprint density at radius 3 is 2.39 bits per heavy atom. The molecule has 0 spiro atoms. The fourth-order valence-corrected chi connectivity index (χ4v) is 5.16. The molecule has 3 aromatic rings. The maximum Gasteiger partial charge on any atom is 0.471 e. The molecule has 2 atom stereocenters. The van der Waals surface area contributed by atoms with Gasteiger partial charge < -0.3 is 5.32 Å². The lowest BCUT2D eigenvalue weighted by Gasteiger charge is -2.35. The third-order valence-corrected chi connectivity index (χ3v) is 6.94. The first-order valence-electron chi connectivity index (χ1n) is 11.6. The highest BCUT2D eigenvalue weighted by Crippen LogP contribution is 2.48. The van der Waals surface area contributed by atoms with Crippen LogP contribution in [0.2, 0.25) is 5.02 Å². The fraction of sp³-hybridized carbons (Fsp3) is 0.185. The number of carbonyl (C=O) groups is 2. The van der Waals surface area contributed by atoms with Crippen LogP contribution in [-0.2, 0) is 9.59 Å². The van der Waals surface area contributed by atoms with E-state index >= 15 is 0 Å². The van der Waals surface area contributed by atoms with Crippen LogP contribution >= 0.6 is 11.6 Å². The Bertz CT molecular complexity index is 1490. The number of ketones is 1. The van der Waals surface area contributed by atoms with E-state index < -0.39 is 34.7 Å². The zero-order valence-electron chi connectivity index (χ0n) is 19.5. The van der Waals surface area contributed by atoms with Gasteiger partial charge in [-0.2, -0.15) is 13.2 Å². The number of Topliss-reactive ketones (excluding diaryl/α,β-unsaturated/α-hetero) is 1. The number of halogens is 4. The number of fused-ring (bicyclic) bond motifs is 1. The van der Waals surface area contributed by atoms with E-state index in [-0.39, 0.29) is 41.0 Å². The molecule has 3 aromatic carbocycles. The van der Waals surface area contributed by atoms with Crippen molar-refractivity contribution in [2.45, 2.75) is 31.0 Å². The molecule has 1 N–H and O–H groups in total. The number of alkyl halides is 3. The number of benzene rings is 3. The number of non-ortho nitro benzene ring substituents is 1. The quantitative estimate of drug-likeness (QED) is 0.294. The second-order valence-electron chi connectivity index (χ2n) is 9.04. The van der Waals surface area contributed by atoms with Gasteiger partial charge in [0, 0.05) is 34.8 Å². The Morgan fingerprint density at radius 2 is 1.71 bits per heavy atom. The number of rotatable bonds is 3. The summed E-state index contributed by atoms with van der Waals surface area (Å²) in [5, 5.41) is 14.7. The zero-order valence-corrected chi connectivity index (χ0v) is 20.3. The van der Waals surface area contributed by atoms with E-state index in [2.05, 4.69) is 5.32 Å². The highest BCUT2D eigenvalue weighted by Gasteiger charge is 2.50. The van der Waals surface area contributed by atoms with E-state index in [1.54, 1.807) is 12.1 Å². The van der Waals surface area contributed by atoms with Crippen LogP contribution in [0.5, 0.6) is 0 Å². The van der Waals surface area contributed by atoms with Crippen LogP contribution in [0.4, 0.5) is 30.2 Å². The summed E-state index contributed by atoms with van der Waals surface area (Å²) in [4.78, 5) is 38.0. The maximum atomic E-state index is 13.9. The molecule has 1 aliphatic heterocycles. The van der Waals surface area contributed by atoms with Crippen LogP contribution in [0.3, 0.4) is 0 Å². The van der Waals surface area contributed by atoms with Crippen molar-refractivity contribution in [1.29, 1.82) is 0 Å². The molecule has 0 bridgehead atoms. The van der Waals surface area contributed by atoms with Gasteiger partial charge in [-0.25, -0.2) is 0 Å². The second-order valence-corrected chi connectivity index (χ2v) is 9.48. The summed E-state index contributed by atoms with van der Waals surface area (Å²) in [6.07, 6.45) is -5.13. The smallest absolute Gasteiger partial charge is 0.357 e. The summed E-state index contributed by atoms with van der Waals surface area (Å²) in [7, 11) is 0. The van der Waals surface area contributed by atoms with Gasteiger partial charge in [-0.05, 0) is 47.7 Å². The van der Waals surface area contributed by atoms with Crippen LogP contribution in [0.15, 0.2) is 84.1 Å². The molecule has 7 nitrogen and oxygen atoms in total. The summed E-state index contributed by atoms with van der Waals surface area (Å²) in [5.41, 5.74) is 1.27. The van der Waals surface area contributed by atoms with Gasteiger partial charge in [0.05, 0.1) is 22.3 Å². The number of anilines is 2. The van der Waals surface area contributed by atoms with Crippen LogP contribution < -0.4 is 10.2 Å². The monoisotopic (exact) mass is 541 g/mol. The number of para-hydroxylation sites is 2. The lowest BCUT2D eigenvalue weighted by molar-refractivity contribution is -0.384. The molecule has 2 unspecified atom stereocenters. The van der Waals surface area contributed by atoms with Crippen LogP contribution in [0.1, 0.15) is 35.9 Å². The highest BCUT2D eigenvalue weighted by atomic mass is 35.5. The van der Waals surface area contributed by atoms with E-state index in [1.807, 2.05) is 0 Å². The molecule has 0 saturated heterocycles. The molecular weight excluding hydrogens is 523 g/mol. The number of carbonyl (C=O) groups excluding carboxylic acids is 2. The first-order valence-corrected chi connectivity index (χ1v) is 11.9. The molecule has 1 heterocycles. The minimum atomic E-state index is -5.22. The predicted octanol–water partition coefficient (Wildman–Crippen LogP) is 6.71. The Morgan fingerprint density at radius 1 is 1.00 bits per heavy atom. The molecule has 0 aromatic heterocycles. The third kappa shape index (κ3) is 4.63. The molecule has 5 rings (SSSR count). The molecule has 0 radical (unpaired) electrons. The maximum absolute atomic E-state index is 13.9. The van der Waals surface area contributed by atoms with Crippen molar-refractivity contribution < 1.29 is 27.7 Å². The number of hydrogen-bond donors (Lipinski definition) is 1. The average molecular weight is 542 g/mol. The Kier molecular flexibility index (Phi) is 6.44. The van der Waals surface area contributed by atoms with Crippen molar-refractivity contribution in [3.63, 3.8) is 0 Å². The standard InChI is InChI=1S/C27H19ClF3N3O4/c28-18-10-8-15(9-11-18)25-24-21(13-17(14-23(24)35)16-4-3-5-19(12-16)34(37)38)32-20-6-1-2-7-22(20)33(25)26(36)27(29,30)31/h1-12,17,25,32H,13-14H2. The first-order chi connectivity index (χ1) is 18.0. The predicted molar refractivity (Wildman–Crippen MR) is 135 cm³/mol. The van der Waals surface area contributed by atoms with Crippen molar-refractivity contribution in [3.8, 4) is 0 Å². The molecule has 1 aliphatic carbocycles. The molecule has 11 heteroatoms. The molecule has 38 heavy (non-hydrogen) atoms. The van der Waals surface area contributed by atoms with Crippen LogP contribution in [-0.4, -0.2) is 22.8 Å². The van der Waals surface area contributed by atoms with Crippen molar-refractivity contribution in [2.24, 2.45) is 0 Å². The van der Waals surface area contributed by atoms with E-state index in [0.29, 0.717) is 21.2 Å². The van der Waals surface area contributed by atoms with Crippen molar-refractivity contribution in [1.82, 2.24) is 0 Å².